The first kappa shape index (κ1) is 12.1. The molecule has 0 aliphatic carbocycles. The van der Waals surface area contributed by atoms with Crippen molar-refractivity contribution in [2.24, 2.45) is 0 Å². The van der Waals surface area contributed by atoms with Gasteiger partial charge in [-0.15, -0.1) is 0 Å². The number of halogens is 2. The smallest absolute Gasteiger partial charge is 0.303 e. The van der Waals surface area contributed by atoms with Gasteiger partial charge < -0.3 is 9.84 Å². The van der Waals surface area contributed by atoms with Crippen molar-refractivity contribution in [1.82, 2.24) is 0 Å². The number of hydrogen-bond acceptors (Lipinski definition) is 2. The van der Waals surface area contributed by atoms with Crippen LogP contribution in [-0.4, -0.2) is 15.6 Å². The fourth-order valence-electron chi connectivity index (χ4n) is 0.964. The van der Waals surface area contributed by atoms with Crippen molar-refractivity contribution in [2.45, 2.75) is 17.4 Å². The molecule has 1 aromatic rings. The van der Waals surface area contributed by atoms with Crippen LogP contribution in [0.4, 0.5) is 0 Å². The summed E-state index contributed by atoms with van der Waals surface area (Å²) in [5, 5.41) is 8.47. The molecule has 0 saturated carbocycles. The molecule has 1 N–H and O–H groups in total. The maximum atomic E-state index is 10.3. The van der Waals surface area contributed by atoms with Gasteiger partial charge in [0.15, 0.2) is 0 Å². The second kappa shape index (κ2) is 5.24. The van der Waals surface area contributed by atoms with Gasteiger partial charge in [-0.3, -0.25) is 4.79 Å². The van der Waals surface area contributed by atoms with Crippen LogP contribution in [0.2, 0.25) is 0 Å². The van der Waals surface area contributed by atoms with Gasteiger partial charge in [-0.2, -0.15) is 0 Å². The largest absolute Gasteiger partial charge is 0.481 e. The number of para-hydroxylation sites is 1. The van der Waals surface area contributed by atoms with Crippen LogP contribution >= 0.6 is 23.2 Å². The number of carboxylic acids is 1. The van der Waals surface area contributed by atoms with E-state index in [4.69, 9.17) is 33.0 Å². The topological polar surface area (TPSA) is 46.5 Å². The van der Waals surface area contributed by atoms with Gasteiger partial charge in [0.1, 0.15) is 5.75 Å². The predicted octanol–water partition coefficient (Wildman–Crippen LogP) is 3.06. The number of benzene rings is 1. The van der Waals surface area contributed by atoms with Crippen LogP contribution < -0.4 is 4.74 Å². The summed E-state index contributed by atoms with van der Waals surface area (Å²) in [7, 11) is 0. The van der Waals surface area contributed by atoms with E-state index in [0.29, 0.717) is 5.75 Å². The van der Waals surface area contributed by atoms with E-state index in [9.17, 15) is 4.79 Å². The zero-order chi connectivity index (χ0) is 11.3. The summed E-state index contributed by atoms with van der Waals surface area (Å²) in [6.45, 7) is 0. The minimum Gasteiger partial charge on any atom is -0.481 e. The fraction of sp³-hybridized carbons (Fsp3) is 0.300. The summed E-state index contributed by atoms with van der Waals surface area (Å²) < 4.78 is 3.72. The lowest BCUT2D eigenvalue weighted by molar-refractivity contribution is -0.137. The molecule has 3 nitrogen and oxygen atoms in total. The summed E-state index contributed by atoms with van der Waals surface area (Å²) in [4.78, 5) is 10.3. The summed E-state index contributed by atoms with van der Waals surface area (Å²) in [6, 6.07) is 8.77. The predicted molar refractivity (Wildman–Crippen MR) is 58.4 cm³/mol. The van der Waals surface area contributed by atoms with E-state index in [0.717, 1.165) is 0 Å². The standard InChI is InChI=1S/C10H10Cl2O3/c11-10(12,7-6-9(13)14)15-8-4-2-1-3-5-8/h1-5H,6-7H2,(H,13,14). The molecule has 0 spiro atoms. The first-order chi connectivity index (χ1) is 6.99. The number of carboxylic acid groups (broad SMARTS) is 1. The second-order valence-electron chi connectivity index (χ2n) is 2.95. The molecule has 0 aliphatic rings. The molecule has 0 bridgehead atoms. The van der Waals surface area contributed by atoms with Crippen molar-refractivity contribution < 1.29 is 14.6 Å². The Labute approximate surface area is 97.6 Å². The second-order valence-corrected chi connectivity index (χ2v) is 4.36. The molecule has 15 heavy (non-hydrogen) atoms. The molecule has 0 fully saturated rings. The van der Waals surface area contributed by atoms with E-state index in [1.807, 2.05) is 6.07 Å². The number of hydrogen-bond donors (Lipinski definition) is 1. The zero-order valence-electron chi connectivity index (χ0n) is 7.82. The van der Waals surface area contributed by atoms with E-state index < -0.39 is 10.5 Å². The lowest BCUT2D eigenvalue weighted by Gasteiger charge is -2.20. The molecule has 5 heteroatoms. The maximum Gasteiger partial charge on any atom is 0.303 e. The van der Waals surface area contributed by atoms with Crippen LogP contribution in [0.1, 0.15) is 12.8 Å². The Morgan fingerprint density at radius 2 is 1.93 bits per heavy atom. The van der Waals surface area contributed by atoms with E-state index >= 15 is 0 Å². The highest BCUT2D eigenvalue weighted by atomic mass is 35.5. The van der Waals surface area contributed by atoms with Gasteiger partial charge in [0.05, 0.1) is 6.42 Å². The van der Waals surface area contributed by atoms with Crippen LogP contribution in [-0.2, 0) is 4.79 Å². The Morgan fingerprint density at radius 3 is 2.47 bits per heavy atom. The summed E-state index contributed by atoms with van der Waals surface area (Å²) in [5.74, 6) is -0.453. The van der Waals surface area contributed by atoms with E-state index in [1.54, 1.807) is 24.3 Å². The number of aliphatic carboxylic acids is 1. The Morgan fingerprint density at radius 1 is 1.33 bits per heavy atom. The number of alkyl halides is 2. The summed E-state index contributed by atoms with van der Waals surface area (Å²) in [5.41, 5.74) is 0. The van der Waals surface area contributed by atoms with E-state index in [2.05, 4.69) is 0 Å². The van der Waals surface area contributed by atoms with Crippen LogP contribution in [0.25, 0.3) is 0 Å². The van der Waals surface area contributed by atoms with E-state index in [1.165, 1.54) is 0 Å². The first-order valence-electron chi connectivity index (χ1n) is 4.33. The molecule has 0 saturated heterocycles. The highest BCUT2D eigenvalue weighted by molar-refractivity contribution is 6.47. The molecular weight excluding hydrogens is 239 g/mol. The van der Waals surface area contributed by atoms with Crippen LogP contribution in [0.15, 0.2) is 30.3 Å². The molecule has 0 unspecified atom stereocenters. The van der Waals surface area contributed by atoms with E-state index in [-0.39, 0.29) is 12.8 Å². The van der Waals surface area contributed by atoms with Crippen molar-refractivity contribution in [3.63, 3.8) is 0 Å². The maximum absolute atomic E-state index is 10.3. The molecule has 1 rings (SSSR count). The Hall–Kier alpha value is -0.930. The van der Waals surface area contributed by atoms with Gasteiger partial charge >= 0.3 is 5.97 Å². The molecule has 1 aromatic carbocycles. The minimum atomic E-state index is -1.50. The van der Waals surface area contributed by atoms with Crippen molar-refractivity contribution in [3.8, 4) is 5.75 Å². The average molecular weight is 249 g/mol. The SMILES string of the molecule is O=C(O)CCC(Cl)(Cl)Oc1ccccc1. The lowest BCUT2D eigenvalue weighted by Crippen LogP contribution is -2.22. The Kier molecular flexibility index (Phi) is 4.24. The van der Waals surface area contributed by atoms with Crippen LogP contribution in [0.3, 0.4) is 0 Å². The highest BCUT2D eigenvalue weighted by Gasteiger charge is 2.26. The molecule has 0 aromatic heterocycles. The Balaban J connectivity index is 2.52. The molecular formula is C10H10Cl2O3. The van der Waals surface area contributed by atoms with Crippen LogP contribution in [0.5, 0.6) is 5.75 Å². The van der Waals surface area contributed by atoms with Gasteiger partial charge in [-0.05, 0) is 12.1 Å². The third kappa shape index (κ3) is 4.91. The molecule has 0 aliphatic heterocycles. The van der Waals surface area contributed by atoms with Gasteiger partial charge in [-0.25, -0.2) is 0 Å². The van der Waals surface area contributed by atoms with Crippen molar-refractivity contribution >= 4 is 29.2 Å². The first-order valence-corrected chi connectivity index (χ1v) is 5.09. The fourth-order valence-corrected chi connectivity index (χ4v) is 1.33. The molecule has 0 amide bonds. The normalized spacial score (nSPS) is 11.1. The van der Waals surface area contributed by atoms with Gasteiger partial charge in [0.2, 0.25) is 0 Å². The van der Waals surface area contributed by atoms with Gasteiger partial charge in [-0.1, -0.05) is 41.4 Å². The molecule has 0 heterocycles. The third-order valence-electron chi connectivity index (χ3n) is 1.64. The highest BCUT2D eigenvalue weighted by Crippen LogP contribution is 2.30. The minimum absolute atomic E-state index is 0.0281. The lowest BCUT2D eigenvalue weighted by atomic mass is 10.3. The van der Waals surface area contributed by atoms with Gasteiger partial charge in [0, 0.05) is 6.42 Å². The quantitative estimate of drug-likeness (QED) is 0.815. The van der Waals surface area contributed by atoms with Gasteiger partial charge in [0.25, 0.3) is 4.52 Å². The molecule has 0 atom stereocenters. The monoisotopic (exact) mass is 248 g/mol. The zero-order valence-corrected chi connectivity index (χ0v) is 9.33. The number of rotatable bonds is 5. The average Bonchev–Trinajstić information content (AvgIpc) is 2.16. The Bertz CT molecular complexity index is 325. The number of ether oxygens (including phenoxy) is 1. The van der Waals surface area contributed by atoms with Crippen molar-refractivity contribution in [1.29, 1.82) is 0 Å². The molecule has 0 radical (unpaired) electrons. The summed E-state index contributed by atoms with van der Waals surface area (Å²) >= 11 is 11.6. The third-order valence-corrected chi connectivity index (χ3v) is 2.17. The number of carbonyl (C=O) groups is 1. The van der Waals surface area contributed by atoms with Crippen molar-refractivity contribution in [3.05, 3.63) is 30.3 Å². The summed E-state index contributed by atoms with van der Waals surface area (Å²) in [6.07, 6.45) is -0.111. The van der Waals surface area contributed by atoms with Crippen LogP contribution in [0, 0.1) is 0 Å². The molecule has 82 valence electrons. The van der Waals surface area contributed by atoms with Crippen molar-refractivity contribution in [2.75, 3.05) is 0 Å².